The summed E-state index contributed by atoms with van der Waals surface area (Å²) in [5.41, 5.74) is 0. The number of rotatable bonds is 3. The molecule has 84 valence electrons. The summed E-state index contributed by atoms with van der Waals surface area (Å²) in [5, 5.41) is 0. The van der Waals surface area contributed by atoms with Gasteiger partial charge in [-0.1, -0.05) is 0 Å². The number of hydrogen-bond donors (Lipinski definition) is 0. The molecule has 0 unspecified atom stereocenters. The van der Waals surface area contributed by atoms with Gasteiger partial charge in [0.2, 0.25) is 11.8 Å². The minimum atomic E-state index is -0.209. The van der Waals surface area contributed by atoms with E-state index in [9.17, 15) is 9.59 Å². The van der Waals surface area contributed by atoms with Gasteiger partial charge in [0.25, 0.3) is 0 Å². The number of fused-ring (bicyclic) bond motifs is 1. The Morgan fingerprint density at radius 2 is 1.80 bits per heavy atom. The first kappa shape index (κ1) is 10.6. The third-order valence-corrected chi connectivity index (χ3v) is 3.02. The predicted molar refractivity (Wildman–Crippen MR) is 53.1 cm³/mol. The van der Waals surface area contributed by atoms with Crippen molar-refractivity contribution in [1.29, 1.82) is 0 Å². The smallest absolute Gasteiger partial charge is 0.235 e. The molecular weight excluding hydrogens is 196 g/mol. The van der Waals surface area contributed by atoms with Crippen molar-refractivity contribution < 1.29 is 14.3 Å². The zero-order chi connectivity index (χ0) is 11.0. The molecule has 5 heteroatoms. The zero-order valence-corrected chi connectivity index (χ0v) is 9.10. The average Bonchev–Trinajstić information content (AvgIpc) is 2.71. The van der Waals surface area contributed by atoms with E-state index in [4.69, 9.17) is 4.74 Å². The largest absolute Gasteiger partial charge is 0.380 e. The summed E-state index contributed by atoms with van der Waals surface area (Å²) in [5.74, 6) is -0.520. The van der Waals surface area contributed by atoms with Crippen LogP contribution in [0.25, 0.3) is 0 Å². The summed E-state index contributed by atoms with van der Waals surface area (Å²) in [6.07, 6.45) is 0. The molecule has 2 aliphatic heterocycles. The van der Waals surface area contributed by atoms with E-state index in [1.165, 1.54) is 4.90 Å². The van der Waals surface area contributed by atoms with Gasteiger partial charge in [-0.15, -0.1) is 0 Å². The molecule has 0 N–H and O–H groups in total. The van der Waals surface area contributed by atoms with Crippen LogP contribution in [0.15, 0.2) is 0 Å². The average molecular weight is 212 g/mol. The third-order valence-electron chi connectivity index (χ3n) is 3.02. The number of carbonyl (C=O) groups excluding carboxylic acids is 2. The van der Waals surface area contributed by atoms with Gasteiger partial charge in [-0.2, -0.15) is 0 Å². The highest BCUT2D eigenvalue weighted by Gasteiger charge is 2.50. The molecule has 2 fully saturated rings. The summed E-state index contributed by atoms with van der Waals surface area (Å²) in [4.78, 5) is 27.0. The van der Waals surface area contributed by atoms with E-state index in [1.807, 2.05) is 19.0 Å². The van der Waals surface area contributed by atoms with E-state index in [-0.39, 0.29) is 23.7 Å². The molecule has 0 aromatic carbocycles. The molecule has 2 saturated heterocycles. The van der Waals surface area contributed by atoms with Gasteiger partial charge in [0.1, 0.15) is 0 Å². The van der Waals surface area contributed by atoms with E-state index >= 15 is 0 Å². The maximum Gasteiger partial charge on any atom is 0.235 e. The van der Waals surface area contributed by atoms with Crippen LogP contribution in [-0.2, 0) is 14.3 Å². The Balaban J connectivity index is 2.01. The maximum absolute atomic E-state index is 11.8. The second kappa shape index (κ2) is 3.90. The predicted octanol–water partition coefficient (Wildman–Crippen LogP) is -0.821. The lowest BCUT2D eigenvalue weighted by Gasteiger charge is -2.18. The van der Waals surface area contributed by atoms with Gasteiger partial charge < -0.3 is 9.64 Å². The summed E-state index contributed by atoms with van der Waals surface area (Å²) < 4.78 is 5.15. The number of nitrogens with zero attached hydrogens (tertiary/aromatic N) is 2. The summed E-state index contributed by atoms with van der Waals surface area (Å²) >= 11 is 0. The zero-order valence-electron chi connectivity index (χ0n) is 9.10. The molecule has 2 aliphatic rings. The fraction of sp³-hybridized carbons (Fsp3) is 0.800. The van der Waals surface area contributed by atoms with Gasteiger partial charge >= 0.3 is 0 Å². The maximum atomic E-state index is 11.8. The number of ether oxygens (including phenoxy) is 1. The second-order valence-electron chi connectivity index (χ2n) is 4.38. The molecule has 0 aromatic rings. The first-order valence-corrected chi connectivity index (χ1v) is 5.19. The molecule has 2 atom stereocenters. The Labute approximate surface area is 89.0 Å². The molecule has 0 aliphatic carbocycles. The fourth-order valence-electron chi connectivity index (χ4n) is 2.07. The Hall–Kier alpha value is -0.940. The second-order valence-corrected chi connectivity index (χ2v) is 4.38. The Morgan fingerprint density at radius 3 is 2.27 bits per heavy atom. The molecule has 0 radical (unpaired) electrons. The Morgan fingerprint density at radius 1 is 1.27 bits per heavy atom. The number of carbonyl (C=O) groups is 2. The SMILES string of the molecule is CN(C)CCN1C(=O)[C@H]2COC[C@H]2C1=O. The number of likely N-dealkylation sites (N-methyl/N-ethyl adjacent to an activating group) is 1. The standard InChI is InChI=1S/C10H16N2O3/c1-11(2)3-4-12-9(13)7-5-15-6-8(7)10(12)14/h7-8H,3-6H2,1-2H3/t7-,8+. The van der Waals surface area contributed by atoms with Gasteiger partial charge in [0.05, 0.1) is 25.0 Å². The van der Waals surface area contributed by atoms with E-state index in [1.54, 1.807) is 0 Å². The highest BCUT2D eigenvalue weighted by atomic mass is 16.5. The molecular formula is C10H16N2O3. The molecule has 15 heavy (non-hydrogen) atoms. The van der Waals surface area contributed by atoms with Crippen LogP contribution < -0.4 is 0 Å². The molecule has 2 rings (SSSR count). The number of imide groups is 1. The Bertz CT molecular complexity index is 268. The van der Waals surface area contributed by atoms with E-state index < -0.39 is 0 Å². The van der Waals surface area contributed by atoms with E-state index in [0.29, 0.717) is 19.8 Å². The van der Waals surface area contributed by atoms with Crippen LogP contribution in [0.4, 0.5) is 0 Å². The van der Waals surface area contributed by atoms with Crippen molar-refractivity contribution in [2.45, 2.75) is 0 Å². The minimum absolute atomic E-state index is 0.0515. The van der Waals surface area contributed by atoms with Crippen LogP contribution in [0.1, 0.15) is 0 Å². The van der Waals surface area contributed by atoms with Gasteiger partial charge in [-0.3, -0.25) is 14.5 Å². The lowest BCUT2D eigenvalue weighted by Crippen LogP contribution is -2.37. The van der Waals surface area contributed by atoms with Gasteiger partial charge in [0, 0.05) is 13.1 Å². The van der Waals surface area contributed by atoms with Crippen molar-refractivity contribution in [1.82, 2.24) is 9.80 Å². The van der Waals surface area contributed by atoms with Gasteiger partial charge in [-0.25, -0.2) is 0 Å². The van der Waals surface area contributed by atoms with E-state index in [2.05, 4.69) is 0 Å². The number of hydrogen-bond acceptors (Lipinski definition) is 4. The molecule has 0 saturated carbocycles. The van der Waals surface area contributed by atoms with Crippen molar-refractivity contribution in [3.63, 3.8) is 0 Å². The third kappa shape index (κ3) is 1.77. The highest BCUT2D eigenvalue weighted by molar-refractivity contribution is 6.05. The van der Waals surface area contributed by atoms with Crippen LogP contribution in [0.3, 0.4) is 0 Å². The lowest BCUT2D eigenvalue weighted by atomic mass is 10.00. The minimum Gasteiger partial charge on any atom is -0.380 e. The number of likely N-dealkylation sites (tertiary alicyclic amines) is 1. The first-order valence-electron chi connectivity index (χ1n) is 5.19. The molecule has 2 heterocycles. The molecule has 0 bridgehead atoms. The van der Waals surface area contributed by atoms with Crippen molar-refractivity contribution in [2.24, 2.45) is 11.8 Å². The molecule has 5 nitrogen and oxygen atoms in total. The number of amides is 2. The van der Waals surface area contributed by atoms with Gasteiger partial charge in [0.15, 0.2) is 0 Å². The molecule has 2 amide bonds. The molecule has 0 spiro atoms. The van der Waals surface area contributed by atoms with Crippen molar-refractivity contribution in [3.8, 4) is 0 Å². The quantitative estimate of drug-likeness (QED) is 0.573. The summed E-state index contributed by atoms with van der Waals surface area (Å²) in [6, 6.07) is 0. The summed E-state index contributed by atoms with van der Waals surface area (Å²) in [6.45, 7) is 2.04. The monoisotopic (exact) mass is 212 g/mol. The van der Waals surface area contributed by atoms with Crippen LogP contribution in [0, 0.1) is 11.8 Å². The van der Waals surface area contributed by atoms with Crippen LogP contribution >= 0.6 is 0 Å². The molecule has 0 aromatic heterocycles. The van der Waals surface area contributed by atoms with Crippen molar-refractivity contribution >= 4 is 11.8 Å². The van der Waals surface area contributed by atoms with Crippen molar-refractivity contribution in [3.05, 3.63) is 0 Å². The van der Waals surface area contributed by atoms with Crippen LogP contribution in [-0.4, -0.2) is 62.0 Å². The Kier molecular flexibility index (Phi) is 2.75. The highest BCUT2D eigenvalue weighted by Crippen LogP contribution is 2.31. The topological polar surface area (TPSA) is 49.9 Å². The first-order chi connectivity index (χ1) is 7.11. The summed E-state index contributed by atoms with van der Waals surface area (Å²) in [7, 11) is 3.85. The van der Waals surface area contributed by atoms with Crippen LogP contribution in [0.2, 0.25) is 0 Å². The normalized spacial score (nSPS) is 30.5. The van der Waals surface area contributed by atoms with Gasteiger partial charge in [-0.05, 0) is 14.1 Å². The fourth-order valence-corrected chi connectivity index (χ4v) is 2.07. The lowest BCUT2D eigenvalue weighted by molar-refractivity contribution is -0.141. The van der Waals surface area contributed by atoms with E-state index in [0.717, 1.165) is 6.54 Å². The van der Waals surface area contributed by atoms with Crippen LogP contribution in [0.5, 0.6) is 0 Å². The van der Waals surface area contributed by atoms with Crippen molar-refractivity contribution in [2.75, 3.05) is 40.4 Å².